The van der Waals surface area contributed by atoms with Gasteiger partial charge in [0.1, 0.15) is 36.3 Å². The minimum atomic E-state index is -0.251. The van der Waals surface area contributed by atoms with E-state index in [9.17, 15) is 5.26 Å². The molecular weight excluding hydrogens is 865 g/mol. The van der Waals surface area contributed by atoms with E-state index < -0.39 is 0 Å². The van der Waals surface area contributed by atoms with E-state index >= 15 is 0 Å². The van der Waals surface area contributed by atoms with Gasteiger partial charge in [-0.2, -0.15) is 10.4 Å². The Hall–Kier alpha value is -4.82. The fraction of sp³-hybridized carbons (Fsp3) is 0.660. The van der Waals surface area contributed by atoms with Crippen molar-refractivity contribution < 1.29 is 47.4 Å². The molecule has 0 radical (unpaired) electrons. The molecule has 3 atom stereocenters. The maximum Gasteiger partial charge on any atom is 0.256 e. The van der Waals surface area contributed by atoms with Gasteiger partial charge in [0.05, 0.1) is 122 Å². The van der Waals surface area contributed by atoms with Crippen LogP contribution in [0.2, 0.25) is 0 Å². The second-order valence-corrected chi connectivity index (χ2v) is 16.7. The Morgan fingerprint density at radius 3 is 1.96 bits per heavy atom. The molecule has 4 heterocycles. The van der Waals surface area contributed by atoms with Gasteiger partial charge in [-0.15, -0.1) is 5.10 Å². The molecule has 0 bridgehead atoms. The lowest BCUT2D eigenvalue weighted by Crippen LogP contribution is -2.51. The van der Waals surface area contributed by atoms with E-state index in [2.05, 4.69) is 50.2 Å². The molecule has 368 valence electrons. The lowest BCUT2D eigenvalue weighted by atomic mass is 9.89. The second kappa shape index (κ2) is 29.2. The van der Waals surface area contributed by atoms with E-state index in [0.717, 1.165) is 49.9 Å². The Morgan fingerprint density at radius 1 is 0.776 bits per heavy atom. The van der Waals surface area contributed by atoms with Crippen LogP contribution < -0.4 is 14.8 Å². The first-order valence-corrected chi connectivity index (χ1v) is 23.6. The largest absolute Gasteiger partial charge is 0.487 e. The van der Waals surface area contributed by atoms with Crippen molar-refractivity contribution in [2.75, 3.05) is 118 Å². The van der Waals surface area contributed by atoms with E-state index in [4.69, 9.17) is 52.5 Å². The molecule has 67 heavy (non-hydrogen) atoms. The third kappa shape index (κ3) is 18.0. The fourth-order valence-electron chi connectivity index (χ4n) is 8.03. The van der Waals surface area contributed by atoms with Gasteiger partial charge in [-0.05, 0) is 64.2 Å². The zero-order chi connectivity index (χ0) is 46.9. The van der Waals surface area contributed by atoms with Crippen molar-refractivity contribution in [2.24, 2.45) is 0 Å². The molecule has 1 aliphatic carbocycles. The summed E-state index contributed by atoms with van der Waals surface area (Å²) in [5, 5.41) is 22.2. The first-order chi connectivity index (χ1) is 32.9. The molecule has 1 aromatic carbocycles. The first-order valence-electron chi connectivity index (χ1n) is 23.6. The maximum absolute atomic E-state index is 9.77. The maximum atomic E-state index is 9.77. The average Bonchev–Trinajstić information content (AvgIpc) is 4.00. The standard InChI is InChI=1S/C47H70N10O10/c1-36-30-55(31-37(2)66-36)42-8-10-43(11-9-42)57-33-44(46(54-57)65-13-5-12-59-16-17-61-20-21-63-24-25-64-23-22-62-19-18-60-15-14-58-4)53-47-50-28-41(29-51-47)39-6-7-40(27-48)45(26-39)67-38(3)32-56-35-49-34-52-56/h6-7,26,28-29,33-38,42-43H,5,8-25,30-32H2,1-4H3,(H,50,51,53)/t36-,37+,38-,42?,43?/m0/s1. The van der Waals surface area contributed by atoms with Crippen LogP contribution in [0.4, 0.5) is 11.6 Å². The minimum Gasteiger partial charge on any atom is -0.487 e. The molecule has 1 saturated carbocycles. The molecule has 1 N–H and O–H groups in total. The van der Waals surface area contributed by atoms with Crippen LogP contribution in [0.15, 0.2) is 49.4 Å². The van der Waals surface area contributed by atoms with Crippen LogP contribution in [0.3, 0.4) is 0 Å². The van der Waals surface area contributed by atoms with Gasteiger partial charge in [0.15, 0.2) is 0 Å². The number of hydrogen-bond donors (Lipinski definition) is 1. The Balaban J connectivity index is 0.936. The van der Waals surface area contributed by atoms with Gasteiger partial charge in [-0.3, -0.25) is 9.58 Å². The first kappa shape index (κ1) is 51.6. The number of nitrogens with zero attached hydrogens (tertiary/aromatic N) is 9. The van der Waals surface area contributed by atoms with Crippen LogP contribution in [0.1, 0.15) is 64.5 Å². The van der Waals surface area contributed by atoms with Gasteiger partial charge < -0.3 is 52.7 Å². The number of anilines is 2. The van der Waals surface area contributed by atoms with Gasteiger partial charge in [0.25, 0.3) is 5.88 Å². The zero-order valence-corrected chi connectivity index (χ0v) is 39.7. The summed E-state index contributed by atoms with van der Waals surface area (Å²) >= 11 is 0. The third-order valence-corrected chi connectivity index (χ3v) is 11.2. The predicted molar refractivity (Wildman–Crippen MR) is 248 cm³/mol. The average molecular weight is 935 g/mol. The molecule has 0 amide bonds. The molecule has 20 nitrogen and oxygen atoms in total. The summed E-state index contributed by atoms with van der Waals surface area (Å²) < 4.78 is 60.5. The number of rotatable bonds is 32. The van der Waals surface area contributed by atoms with Crippen LogP contribution >= 0.6 is 0 Å². The summed E-state index contributed by atoms with van der Waals surface area (Å²) in [6.07, 6.45) is 13.8. The van der Waals surface area contributed by atoms with Crippen molar-refractivity contribution in [1.82, 2.24) is 39.4 Å². The molecule has 0 spiro atoms. The zero-order valence-electron chi connectivity index (χ0n) is 39.7. The van der Waals surface area contributed by atoms with Crippen LogP contribution in [-0.4, -0.2) is 176 Å². The topological polar surface area (TPSA) is 206 Å². The Labute approximate surface area is 394 Å². The van der Waals surface area contributed by atoms with E-state index in [1.807, 2.05) is 29.9 Å². The van der Waals surface area contributed by atoms with Crippen LogP contribution in [-0.2, 0) is 44.4 Å². The van der Waals surface area contributed by atoms with Gasteiger partial charge in [0.2, 0.25) is 5.95 Å². The third-order valence-electron chi connectivity index (χ3n) is 11.2. The Kier molecular flexibility index (Phi) is 22.4. The highest BCUT2D eigenvalue weighted by Gasteiger charge is 2.32. The molecule has 2 aliphatic rings. The Bertz CT molecular complexity index is 1980. The van der Waals surface area contributed by atoms with Crippen LogP contribution in [0, 0.1) is 11.3 Å². The highest BCUT2D eigenvalue weighted by atomic mass is 16.6. The molecule has 0 unspecified atom stereocenters. The quantitative estimate of drug-likeness (QED) is 0.0631. The van der Waals surface area contributed by atoms with Gasteiger partial charge >= 0.3 is 0 Å². The predicted octanol–water partition coefficient (Wildman–Crippen LogP) is 5.12. The fourth-order valence-corrected chi connectivity index (χ4v) is 8.03. The number of nitrogens with one attached hydrogen (secondary N) is 1. The van der Waals surface area contributed by atoms with Crippen molar-refractivity contribution in [3.05, 3.63) is 55.0 Å². The minimum absolute atomic E-state index is 0.245. The van der Waals surface area contributed by atoms with Crippen LogP contribution in [0.5, 0.6) is 11.6 Å². The molecule has 20 heteroatoms. The highest BCUT2D eigenvalue weighted by molar-refractivity contribution is 5.67. The lowest BCUT2D eigenvalue weighted by Gasteiger charge is -2.42. The molecule has 1 saturated heterocycles. The molecular formula is C47H70N10O10. The number of benzene rings is 1. The molecule has 3 aromatic heterocycles. The van der Waals surface area contributed by atoms with Crippen molar-refractivity contribution >= 4 is 11.6 Å². The lowest BCUT2D eigenvalue weighted by molar-refractivity contribution is -0.0852. The van der Waals surface area contributed by atoms with Gasteiger partial charge in [-0.1, -0.05) is 6.07 Å². The smallest absolute Gasteiger partial charge is 0.256 e. The SMILES string of the molecule is COCCOCCOCCOCCOCCOCCOCCCOc1nn(C2CCC(N3C[C@@H](C)O[C@@H](C)C3)CC2)cc1Nc1ncc(-c2ccc(C#N)c(O[C@@H](C)Cn3cncn3)c2)cn1. The van der Waals surface area contributed by atoms with Gasteiger partial charge in [0, 0.05) is 57.2 Å². The summed E-state index contributed by atoms with van der Waals surface area (Å²) in [5.41, 5.74) is 2.71. The van der Waals surface area contributed by atoms with E-state index in [-0.39, 0.29) is 24.4 Å². The molecule has 2 fully saturated rings. The van der Waals surface area contributed by atoms with Crippen molar-refractivity contribution in [1.29, 1.82) is 5.26 Å². The number of aromatic nitrogens is 7. The number of hydrogen-bond acceptors (Lipinski definition) is 18. The van der Waals surface area contributed by atoms with Crippen molar-refractivity contribution in [3.63, 3.8) is 0 Å². The summed E-state index contributed by atoms with van der Waals surface area (Å²) in [5.74, 6) is 1.36. The molecule has 6 rings (SSSR count). The molecule has 4 aromatic rings. The highest BCUT2D eigenvalue weighted by Crippen LogP contribution is 2.36. The number of nitriles is 1. The molecule has 1 aliphatic heterocycles. The van der Waals surface area contributed by atoms with Crippen molar-refractivity contribution in [2.45, 2.75) is 89.8 Å². The Morgan fingerprint density at radius 2 is 1.37 bits per heavy atom. The summed E-state index contributed by atoms with van der Waals surface area (Å²) in [7, 11) is 1.65. The summed E-state index contributed by atoms with van der Waals surface area (Å²) in [6.45, 7) is 15.8. The van der Waals surface area contributed by atoms with E-state index in [0.29, 0.717) is 140 Å². The van der Waals surface area contributed by atoms with E-state index in [1.54, 1.807) is 36.6 Å². The second-order valence-electron chi connectivity index (χ2n) is 16.7. The van der Waals surface area contributed by atoms with Crippen LogP contribution in [0.25, 0.3) is 11.1 Å². The summed E-state index contributed by atoms with van der Waals surface area (Å²) in [6, 6.07) is 8.46. The van der Waals surface area contributed by atoms with Crippen molar-refractivity contribution in [3.8, 4) is 28.8 Å². The van der Waals surface area contributed by atoms with Gasteiger partial charge in [-0.25, -0.2) is 19.6 Å². The van der Waals surface area contributed by atoms with E-state index in [1.165, 1.54) is 6.33 Å². The monoisotopic (exact) mass is 935 g/mol. The summed E-state index contributed by atoms with van der Waals surface area (Å²) in [4.78, 5) is 15.9. The number of morpholine rings is 1. The number of methoxy groups -OCH3 is 1. The normalized spacial score (nSPS) is 19.3. The number of ether oxygens (including phenoxy) is 10.